The Morgan fingerprint density at radius 2 is 2.00 bits per heavy atom. The minimum atomic E-state index is 0.229. The van der Waals surface area contributed by atoms with E-state index in [1.807, 2.05) is 37.3 Å². The number of hydrogen-bond donors (Lipinski definition) is 1. The maximum atomic E-state index is 8.71. The van der Waals surface area contributed by atoms with E-state index in [9.17, 15) is 0 Å². The van der Waals surface area contributed by atoms with Crippen LogP contribution in [-0.2, 0) is 0 Å². The molecule has 0 atom stereocenters. The van der Waals surface area contributed by atoms with Gasteiger partial charge in [0.25, 0.3) is 0 Å². The van der Waals surface area contributed by atoms with Crippen LogP contribution in [-0.4, -0.2) is 9.97 Å². The molecule has 0 spiro atoms. The number of imidazole rings is 1. The van der Waals surface area contributed by atoms with Crippen molar-refractivity contribution >= 4 is 11.6 Å². The number of aromatic amines is 1. The van der Waals surface area contributed by atoms with Gasteiger partial charge < -0.3 is 4.98 Å². The molecule has 0 fully saturated rings. The molecular weight excluding hydrogens is 210 g/mol. The lowest BCUT2D eigenvalue weighted by Crippen LogP contribution is -1.80. The summed E-state index contributed by atoms with van der Waals surface area (Å²) in [6.07, 6.45) is 0. The van der Waals surface area contributed by atoms with E-state index in [1.54, 1.807) is 0 Å². The Bertz CT molecular complexity index is 520. The summed E-state index contributed by atoms with van der Waals surface area (Å²) in [5, 5.41) is 8.99. The molecule has 74 valence electrons. The van der Waals surface area contributed by atoms with Gasteiger partial charge in [0.05, 0.1) is 0 Å². The second-order valence-electron chi connectivity index (χ2n) is 3.23. The lowest BCUT2D eigenvalue weighted by molar-refractivity contribution is 1.29. The standard InChI is InChI=1S/C11H8ClN3/c1-7-2-4-8(5-3-7)11-14-9(6-13)10(12)15-11/h2-5H,1H3,(H,14,15). The van der Waals surface area contributed by atoms with Gasteiger partial charge in [-0.2, -0.15) is 5.26 Å². The van der Waals surface area contributed by atoms with E-state index in [-0.39, 0.29) is 10.8 Å². The van der Waals surface area contributed by atoms with Crippen LogP contribution in [0.3, 0.4) is 0 Å². The van der Waals surface area contributed by atoms with Gasteiger partial charge in [-0.1, -0.05) is 41.4 Å². The van der Waals surface area contributed by atoms with Gasteiger partial charge in [-0.25, -0.2) is 4.98 Å². The van der Waals surface area contributed by atoms with Gasteiger partial charge in [-0.3, -0.25) is 0 Å². The van der Waals surface area contributed by atoms with Crippen LogP contribution in [0.1, 0.15) is 11.3 Å². The van der Waals surface area contributed by atoms with Gasteiger partial charge in [0, 0.05) is 5.56 Å². The lowest BCUT2D eigenvalue weighted by Gasteiger charge is -1.96. The van der Waals surface area contributed by atoms with Gasteiger partial charge in [-0.05, 0) is 6.92 Å². The van der Waals surface area contributed by atoms with E-state index < -0.39 is 0 Å². The Kier molecular flexibility index (Phi) is 2.44. The summed E-state index contributed by atoms with van der Waals surface area (Å²) < 4.78 is 0. The van der Waals surface area contributed by atoms with Crippen molar-refractivity contribution in [2.75, 3.05) is 0 Å². The number of aromatic nitrogens is 2. The van der Waals surface area contributed by atoms with Gasteiger partial charge in [0.1, 0.15) is 17.0 Å². The fourth-order valence-corrected chi connectivity index (χ4v) is 1.45. The smallest absolute Gasteiger partial charge is 0.178 e. The van der Waals surface area contributed by atoms with Crippen molar-refractivity contribution in [2.24, 2.45) is 0 Å². The second kappa shape index (κ2) is 3.76. The highest BCUT2D eigenvalue weighted by molar-refractivity contribution is 6.30. The number of nitrogens with one attached hydrogen (secondary N) is 1. The van der Waals surface area contributed by atoms with Gasteiger partial charge in [0.2, 0.25) is 0 Å². The average molecular weight is 218 g/mol. The molecule has 1 aromatic heterocycles. The molecule has 0 unspecified atom stereocenters. The molecule has 0 aliphatic heterocycles. The lowest BCUT2D eigenvalue weighted by atomic mass is 10.1. The summed E-state index contributed by atoms with van der Waals surface area (Å²) in [6.45, 7) is 2.01. The van der Waals surface area contributed by atoms with Gasteiger partial charge >= 0.3 is 0 Å². The average Bonchev–Trinajstić information content (AvgIpc) is 2.61. The number of aryl methyl sites for hydroxylation is 1. The first kappa shape index (κ1) is 9.75. The van der Waals surface area contributed by atoms with Crippen molar-refractivity contribution in [2.45, 2.75) is 6.92 Å². The number of H-pyrrole nitrogens is 1. The molecular formula is C11H8ClN3. The molecule has 0 aliphatic carbocycles. The van der Waals surface area contributed by atoms with Crippen LogP contribution in [0.4, 0.5) is 0 Å². The fourth-order valence-electron chi connectivity index (χ4n) is 1.27. The van der Waals surface area contributed by atoms with Crippen molar-refractivity contribution < 1.29 is 0 Å². The van der Waals surface area contributed by atoms with Gasteiger partial charge in [-0.15, -0.1) is 0 Å². The number of halogens is 1. The van der Waals surface area contributed by atoms with Crippen LogP contribution < -0.4 is 0 Å². The molecule has 15 heavy (non-hydrogen) atoms. The van der Waals surface area contributed by atoms with Crippen LogP contribution in [0.25, 0.3) is 11.4 Å². The minimum Gasteiger partial charge on any atom is -0.328 e. The Morgan fingerprint density at radius 3 is 2.53 bits per heavy atom. The van der Waals surface area contributed by atoms with Crippen LogP contribution in [0.2, 0.25) is 5.15 Å². The Balaban J connectivity index is 2.46. The predicted molar refractivity (Wildman–Crippen MR) is 58.5 cm³/mol. The Morgan fingerprint density at radius 1 is 1.33 bits per heavy atom. The molecule has 0 saturated heterocycles. The molecule has 2 rings (SSSR count). The Hall–Kier alpha value is -1.79. The first-order valence-electron chi connectivity index (χ1n) is 4.43. The molecule has 3 nitrogen and oxygen atoms in total. The third-order valence-electron chi connectivity index (χ3n) is 2.09. The van der Waals surface area contributed by atoms with E-state index in [0.29, 0.717) is 5.82 Å². The second-order valence-corrected chi connectivity index (χ2v) is 3.60. The number of benzene rings is 1. The van der Waals surface area contributed by atoms with E-state index >= 15 is 0 Å². The largest absolute Gasteiger partial charge is 0.328 e. The van der Waals surface area contributed by atoms with Crippen molar-refractivity contribution in [3.05, 3.63) is 40.7 Å². The summed E-state index contributed by atoms with van der Waals surface area (Å²) in [5.41, 5.74) is 2.33. The highest BCUT2D eigenvalue weighted by atomic mass is 35.5. The molecule has 1 aromatic carbocycles. The van der Waals surface area contributed by atoms with Crippen LogP contribution in [0.5, 0.6) is 0 Å². The van der Waals surface area contributed by atoms with E-state index in [1.165, 1.54) is 5.56 Å². The molecule has 1 heterocycles. The molecule has 0 radical (unpaired) electrons. The zero-order valence-electron chi connectivity index (χ0n) is 8.08. The SMILES string of the molecule is Cc1ccc(-c2nc(C#N)c(Cl)[nH]2)cc1. The minimum absolute atomic E-state index is 0.229. The Labute approximate surface area is 92.3 Å². The molecule has 0 aliphatic rings. The molecule has 2 aromatic rings. The van der Waals surface area contributed by atoms with Crippen LogP contribution in [0.15, 0.2) is 24.3 Å². The quantitative estimate of drug-likeness (QED) is 0.799. The number of rotatable bonds is 1. The van der Waals surface area contributed by atoms with Crippen molar-refractivity contribution in [3.63, 3.8) is 0 Å². The molecule has 1 N–H and O–H groups in total. The van der Waals surface area contributed by atoms with Crippen molar-refractivity contribution in [1.82, 2.24) is 9.97 Å². The third kappa shape index (κ3) is 1.85. The first-order valence-corrected chi connectivity index (χ1v) is 4.81. The normalized spacial score (nSPS) is 9.93. The molecule has 4 heteroatoms. The number of nitriles is 1. The summed E-state index contributed by atoms with van der Waals surface area (Å²) >= 11 is 5.79. The topological polar surface area (TPSA) is 52.5 Å². The van der Waals surface area contributed by atoms with Crippen molar-refractivity contribution in [3.8, 4) is 17.5 Å². The van der Waals surface area contributed by atoms with E-state index in [4.69, 9.17) is 16.9 Å². The van der Waals surface area contributed by atoms with Crippen LogP contribution >= 0.6 is 11.6 Å². The van der Waals surface area contributed by atoms with E-state index in [0.717, 1.165) is 5.56 Å². The summed E-state index contributed by atoms with van der Waals surface area (Å²) in [5.74, 6) is 0.622. The summed E-state index contributed by atoms with van der Waals surface area (Å²) in [6, 6.07) is 9.76. The maximum Gasteiger partial charge on any atom is 0.178 e. The molecule has 0 saturated carbocycles. The maximum absolute atomic E-state index is 8.71. The van der Waals surface area contributed by atoms with Crippen molar-refractivity contribution in [1.29, 1.82) is 5.26 Å². The monoisotopic (exact) mass is 217 g/mol. The van der Waals surface area contributed by atoms with Gasteiger partial charge in [0.15, 0.2) is 5.69 Å². The highest BCUT2D eigenvalue weighted by Crippen LogP contribution is 2.20. The number of nitrogens with zero attached hydrogens (tertiary/aromatic N) is 2. The fraction of sp³-hybridized carbons (Fsp3) is 0.0909. The predicted octanol–water partition coefficient (Wildman–Crippen LogP) is 2.91. The van der Waals surface area contributed by atoms with E-state index in [2.05, 4.69) is 9.97 Å². The molecule has 0 amide bonds. The molecule has 0 bridgehead atoms. The number of hydrogen-bond acceptors (Lipinski definition) is 2. The highest BCUT2D eigenvalue weighted by Gasteiger charge is 2.08. The summed E-state index contributed by atoms with van der Waals surface area (Å²) in [7, 11) is 0. The first-order chi connectivity index (χ1) is 7.20. The van der Waals surface area contributed by atoms with Crippen LogP contribution in [0, 0.1) is 18.3 Å². The summed E-state index contributed by atoms with van der Waals surface area (Å²) in [4.78, 5) is 6.94. The zero-order chi connectivity index (χ0) is 10.8. The third-order valence-corrected chi connectivity index (χ3v) is 2.36. The zero-order valence-corrected chi connectivity index (χ0v) is 8.84.